The summed E-state index contributed by atoms with van der Waals surface area (Å²) >= 11 is 1.28. The molecule has 0 radical (unpaired) electrons. The maximum Gasteiger partial charge on any atom is 0.290 e. The van der Waals surface area contributed by atoms with Crippen LogP contribution in [0.15, 0.2) is 38.5 Å². The van der Waals surface area contributed by atoms with Crippen molar-refractivity contribution in [2.45, 2.75) is 18.7 Å². The Morgan fingerprint density at radius 1 is 1.37 bits per heavy atom. The van der Waals surface area contributed by atoms with Crippen molar-refractivity contribution in [1.29, 1.82) is 0 Å². The van der Waals surface area contributed by atoms with Crippen LogP contribution in [0.4, 0.5) is 5.69 Å². The molecule has 0 amide bonds. The Kier molecular flexibility index (Phi) is 3.80. The first-order valence-electron chi connectivity index (χ1n) is 5.69. The van der Waals surface area contributed by atoms with Gasteiger partial charge in [-0.2, -0.15) is 0 Å². The Hall–Kier alpha value is -1.95. The minimum absolute atomic E-state index is 0.0973. The number of hydrogen-bond acceptors (Lipinski definition) is 5. The summed E-state index contributed by atoms with van der Waals surface area (Å²) < 4.78 is 5.79. The topological polar surface area (TPSA) is 78.2 Å². The monoisotopic (exact) mass is 278 g/mol. The second-order valence-electron chi connectivity index (χ2n) is 4.20. The molecule has 100 valence electrons. The van der Waals surface area contributed by atoms with Crippen LogP contribution in [0, 0.1) is 13.8 Å². The van der Waals surface area contributed by atoms with Crippen LogP contribution >= 0.6 is 11.8 Å². The molecule has 0 aliphatic heterocycles. The molecule has 2 N–H and O–H groups in total. The normalized spacial score (nSPS) is 10.6. The minimum atomic E-state index is -0.444. The van der Waals surface area contributed by atoms with Gasteiger partial charge in [-0.3, -0.25) is 9.59 Å². The van der Waals surface area contributed by atoms with Crippen molar-refractivity contribution in [3.63, 3.8) is 0 Å². The molecule has 1 aromatic carbocycles. The quantitative estimate of drug-likeness (QED) is 0.687. The van der Waals surface area contributed by atoms with Crippen molar-refractivity contribution in [3.05, 3.63) is 45.9 Å². The lowest BCUT2D eigenvalue weighted by Gasteiger charge is -2.05. The Labute approximate surface area is 114 Å². The fraction of sp³-hybridized carbons (Fsp3) is 0.231. The molecular weight excluding hydrogens is 264 g/mol. The number of nitrogens with two attached hydrogens (primary N) is 1. The zero-order valence-corrected chi connectivity index (χ0v) is 11.5. The summed E-state index contributed by atoms with van der Waals surface area (Å²) in [4.78, 5) is 24.1. The van der Waals surface area contributed by atoms with Gasteiger partial charge in [0.1, 0.15) is 5.76 Å². The first kappa shape index (κ1) is 13.5. The summed E-state index contributed by atoms with van der Waals surface area (Å²) in [5.41, 5.74) is 7.10. The molecule has 2 aromatic rings. The summed E-state index contributed by atoms with van der Waals surface area (Å²) in [7, 11) is 0. The number of aromatic nitrogens is 1. The molecule has 0 aliphatic rings. The summed E-state index contributed by atoms with van der Waals surface area (Å²) in [6, 6.07) is 6.91. The highest BCUT2D eigenvalue weighted by Gasteiger charge is 2.13. The van der Waals surface area contributed by atoms with E-state index in [4.69, 9.17) is 10.3 Å². The van der Waals surface area contributed by atoms with Gasteiger partial charge in [0.05, 0.1) is 5.75 Å². The highest BCUT2D eigenvalue weighted by molar-refractivity contribution is 8.00. The van der Waals surface area contributed by atoms with Crippen LogP contribution in [0.5, 0.6) is 0 Å². The molecule has 0 aliphatic carbocycles. The minimum Gasteiger partial charge on any atom is -0.398 e. The van der Waals surface area contributed by atoms with Crippen LogP contribution in [-0.2, 0) is 0 Å². The Morgan fingerprint density at radius 2 is 2.11 bits per heavy atom. The van der Waals surface area contributed by atoms with Crippen molar-refractivity contribution in [2.75, 3.05) is 11.5 Å². The van der Waals surface area contributed by atoms with Crippen LogP contribution < -0.4 is 11.3 Å². The Bertz CT molecular complexity index is 673. The molecule has 0 fully saturated rings. The van der Waals surface area contributed by atoms with Gasteiger partial charge in [-0.05, 0) is 31.5 Å². The lowest BCUT2D eigenvalue weighted by molar-refractivity contribution is 0.0813. The standard InChI is InChI=1S/C13H14N2O3S/c1-8-3-4-11(10(14)5-8)19-7-13(17)15-12(16)6-9(2)18-15/h3-6H,7,14H2,1-2H3. The number of thioether (sulfide) groups is 1. The highest BCUT2D eigenvalue weighted by atomic mass is 32.2. The van der Waals surface area contributed by atoms with Gasteiger partial charge < -0.3 is 10.3 Å². The van der Waals surface area contributed by atoms with Crippen molar-refractivity contribution in [2.24, 2.45) is 0 Å². The number of nitrogens with zero attached hydrogens (tertiary/aromatic N) is 1. The third-order valence-corrected chi connectivity index (χ3v) is 3.58. The van der Waals surface area contributed by atoms with Crippen LogP contribution in [-0.4, -0.2) is 16.4 Å². The molecule has 6 heteroatoms. The predicted octanol–water partition coefficient (Wildman–Crippen LogP) is 2.07. The van der Waals surface area contributed by atoms with Crippen LogP contribution in [0.25, 0.3) is 0 Å². The van der Waals surface area contributed by atoms with E-state index >= 15 is 0 Å². The van der Waals surface area contributed by atoms with Crippen LogP contribution in [0.2, 0.25) is 0 Å². The van der Waals surface area contributed by atoms with E-state index in [1.54, 1.807) is 6.92 Å². The average molecular weight is 278 g/mol. The van der Waals surface area contributed by atoms with Gasteiger partial charge in [0, 0.05) is 16.6 Å². The highest BCUT2D eigenvalue weighted by Crippen LogP contribution is 2.25. The Morgan fingerprint density at radius 3 is 2.68 bits per heavy atom. The fourth-order valence-electron chi connectivity index (χ4n) is 1.62. The number of carbonyl (C=O) groups is 1. The molecule has 0 unspecified atom stereocenters. The second kappa shape index (κ2) is 5.36. The van der Waals surface area contributed by atoms with E-state index in [9.17, 15) is 9.59 Å². The van der Waals surface area contributed by atoms with Crippen molar-refractivity contribution in [3.8, 4) is 0 Å². The number of nitrogen functional groups attached to an aromatic ring is 1. The largest absolute Gasteiger partial charge is 0.398 e. The number of rotatable bonds is 3. The molecule has 5 nitrogen and oxygen atoms in total. The second-order valence-corrected chi connectivity index (χ2v) is 5.22. The molecule has 0 atom stereocenters. The summed E-state index contributed by atoms with van der Waals surface area (Å²) in [5, 5.41) is 0. The molecule has 1 heterocycles. The zero-order valence-electron chi connectivity index (χ0n) is 10.7. The maximum absolute atomic E-state index is 11.8. The lowest BCUT2D eigenvalue weighted by Crippen LogP contribution is -2.23. The lowest BCUT2D eigenvalue weighted by atomic mass is 10.2. The smallest absolute Gasteiger partial charge is 0.290 e. The van der Waals surface area contributed by atoms with E-state index in [0.29, 0.717) is 11.4 Å². The number of carbonyl (C=O) groups excluding carboxylic acids is 1. The van der Waals surface area contributed by atoms with Crippen LogP contribution in [0.3, 0.4) is 0 Å². The van der Waals surface area contributed by atoms with Crippen molar-refractivity contribution < 1.29 is 9.32 Å². The molecule has 0 spiro atoms. The molecule has 0 saturated heterocycles. The third-order valence-electron chi connectivity index (χ3n) is 2.51. The van der Waals surface area contributed by atoms with E-state index in [1.807, 2.05) is 25.1 Å². The van der Waals surface area contributed by atoms with E-state index in [0.717, 1.165) is 15.2 Å². The van der Waals surface area contributed by atoms with Crippen LogP contribution in [0.1, 0.15) is 16.1 Å². The zero-order chi connectivity index (χ0) is 14.0. The maximum atomic E-state index is 11.8. The van der Waals surface area contributed by atoms with Gasteiger partial charge in [-0.1, -0.05) is 6.07 Å². The van der Waals surface area contributed by atoms with Gasteiger partial charge in [-0.15, -0.1) is 16.5 Å². The first-order valence-corrected chi connectivity index (χ1v) is 6.68. The summed E-state index contributed by atoms with van der Waals surface area (Å²) in [6.45, 7) is 3.57. The summed E-state index contributed by atoms with van der Waals surface area (Å²) in [5.74, 6) is 0.112. The van der Waals surface area contributed by atoms with E-state index in [2.05, 4.69) is 0 Å². The predicted molar refractivity (Wildman–Crippen MR) is 74.6 cm³/mol. The molecule has 2 rings (SSSR count). The summed E-state index contributed by atoms with van der Waals surface area (Å²) in [6.07, 6.45) is 0. The van der Waals surface area contributed by atoms with E-state index in [1.165, 1.54) is 17.8 Å². The molecule has 0 saturated carbocycles. The Balaban J connectivity index is 2.08. The fourth-order valence-corrected chi connectivity index (χ4v) is 2.41. The number of aryl methyl sites for hydroxylation is 2. The first-order chi connectivity index (χ1) is 8.97. The van der Waals surface area contributed by atoms with Gasteiger partial charge in [-0.25, -0.2) is 0 Å². The number of benzene rings is 1. The average Bonchev–Trinajstić information content (AvgIpc) is 2.67. The van der Waals surface area contributed by atoms with Crippen molar-refractivity contribution in [1.82, 2.24) is 4.74 Å². The van der Waals surface area contributed by atoms with Gasteiger partial charge in [0.2, 0.25) is 0 Å². The van der Waals surface area contributed by atoms with Gasteiger partial charge >= 0.3 is 0 Å². The third kappa shape index (κ3) is 3.08. The molecular formula is C13H14N2O3S. The van der Waals surface area contributed by atoms with Crippen molar-refractivity contribution >= 4 is 23.4 Å². The SMILES string of the molecule is Cc1ccc(SCC(=O)n2oc(C)cc2=O)c(N)c1. The molecule has 19 heavy (non-hydrogen) atoms. The van der Waals surface area contributed by atoms with Gasteiger partial charge in [0.15, 0.2) is 0 Å². The number of hydrogen-bond donors (Lipinski definition) is 1. The van der Waals surface area contributed by atoms with E-state index in [-0.39, 0.29) is 5.75 Å². The van der Waals surface area contributed by atoms with E-state index < -0.39 is 11.5 Å². The molecule has 0 bridgehead atoms. The molecule has 1 aromatic heterocycles. The number of anilines is 1. The van der Waals surface area contributed by atoms with Gasteiger partial charge in [0.25, 0.3) is 11.5 Å².